The third-order valence-electron chi connectivity index (χ3n) is 4.80. The van der Waals surface area contributed by atoms with Gasteiger partial charge in [0.15, 0.2) is 17.2 Å². The second-order valence-electron chi connectivity index (χ2n) is 7.18. The minimum absolute atomic E-state index is 0.246. The number of ether oxygens (including phenoxy) is 5. The van der Waals surface area contributed by atoms with Crippen molar-refractivity contribution < 1.29 is 28.5 Å². The maximum absolute atomic E-state index is 12.2. The lowest BCUT2D eigenvalue weighted by atomic mass is 10.1. The zero-order valence-corrected chi connectivity index (χ0v) is 19.8. The second-order valence-corrected chi connectivity index (χ2v) is 8.13. The first kappa shape index (κ1) is 23.4. The van der Waals surface area contributed by atoms with E-state index in [1.54, 1.807) is 13.2 Å². The molecule has 0 saturated heterocycles. The van der Waals surface area contributed by atoms with Crippen LogP contribution in [0.3, 0.4) is 0 Å². The Bertz CT molecular complexity index is 1170. The number of esters is 1. The van der Waals surface area contributed by atoms with Crippen molar-refractivity contribution in [2.45, 2.75) is 13.3 Å². The average molecular weight is 480 g/mol. The Morgan fingerprint density at radius 2 is 1.76 bits per heavy atom. The first-order valence-corrected chi connectivity index (χ1v) is 11.8. The Labute approximate surface area is 202 Å². The molecule has 2 aromatic carbocycles. The summed E-state index contributed by atoms with van der Waals surface area (Å²) in [6, 6.07) is 16.7. The molecule has 0 amide bonds. The van der Waals surface area contributed by atoms with E-state index in [1.807, 2.05) is 66.9 Å². The summed E-state index contributed by atoms with van der Waals surface area (Å²) < 4.78 is 27.8. The lowest BCUT2D eigenvalue weighted by molar-refractivity contribution is -0.129. The molecule has 176 valence electrons. The van der Waals surface area contributed by atoms with E-state index in [1.165, 1.54) is 11.3 Å². The largest absolute Gasteiger partial charge is 0.497 e. The van der Waals surface area contributed by atoms with E-state index < -0.39 is 5.97 Å². The number of nitrogens with zero attached hydrogens (tertiary/aromatic N) is 1. The first-order valence-electron chi connectivity index (χ1n) is 10.9. The van der Waals surface area contributed by atoms with Gasteiger partial charge in [-0.05, 0) is 66.4 Å². The minimum atomic E-state index is -0.474. The topological polar surface area (TPSA) is 75.6 Å². The number of methoxy groups -OCH3 is 1. The molecule has 0 aliphatic carbocycles. The summed E-state index contributed by atoms with van der Waals surface area (Å²) in [6.45, 7) is 3.38. The third-order valence-corrected chi connectivity index (χ3v) is 5.66. The van der Waals surface area contributed by atoms with Gasteiger partial charge in [-0.15, -0.1) is 11.3 Å². The summed E-state index contributed by atoms with van der Waals surface area (Å²) in [6.07, 6.45) is 2.38. The molecule has 0 spiro atoms. The van der Waals surface area contributed by atoms with Crippen molar-refractivity contribution in [2.75, 3.05) is 26.9 Å². The summed E-state index contributed by atoms with van der Waals surface area (Å²) in [5.74, 6) is 2.65. The molecule has 4 rings (SSSR count). The highest BCUT2D eigenvalue weighted by atomic mass is 32.1. The number of carbonyl (C=O) groups is 1. The van der Waals surface area contributed by atoms with Gasteiger partial charge >= 0.3 is 5.97 Å². The van der Waals surface area contributed by atoms with Gasteiger partial charge in [0.05, 0.1) is 31.8 Å². The van der Waals surface area contributed by atoms with E-state index in [2.05, 4.69) is 4.99 Å². The number of hydrogen-bond donors (Lipinski definition) is 0. The smallest absolute Gasteiger partial charge is 0.363 e. The molecule has 8 heteroatoms. The van der Waals surface area contributed by atoms with Gasteiger partial charge in [-0.25, -0.2) is 9.79 Å². The predicted octanol–water partition coefficient (Wildman–Crippen LogP) is 5.35. The molecule has 0 radical (unpaired) electrons. The van der Waals surface area contributed by atoms with Gasteiger partial charge in [0.25, 0.3) is 0 Å². The number of aliphatic imine (C=N–C) groups is 1. The molecular weight excluding hydrogens is 454 g/mol. The van der Waals surface area contributed by atoms with Gasteiger partial charge in [0.2, 0.25) is 5.90 Å². The number of rotatable bonds is 11. The fourth-order valence-electron chi connectivity index (χ4n) is 3.18. The standard InChI is InChI=1S/C26H25NO6S/c1-3-30-23-17-18(16-21-26(28)33-25(27-21)24-6-4-15-34-24)7-12-22(23)32-14-5-13-31-20-10-8-19(29-2)9-11-20/h4,6-12,15-17H,3,5,13-14H2,1-2H3. The summed E-state index contributed by atoms with van der Waals surface area (Å²) in [5.41, 5.74) is 1.01. The number of benzene rings is 2. The lowest BCUT2D eigenvalue weighted by Gasteiger charge is -2.13. The normalized spacial score (nSPS) is 14.0. The molecule has 0 saturated carbocycles. The zero-order chi connectivity index (χ0) is 23.8. The number of cyclic esters (lactones) is 1. The monoisotopic (exact) mass is 479 g/mol. The van der Waals surface area contributed by atoms with E-state index in [0.717, 1.165) is 21.9 Å². The number of hydrogen-bond acceptors (Lipinski definition) is 8. The molecule has 0 unspecified atom stereocenters. The van der Waals surface area contributed by atoms with Crippen molar-refractivity contribution >= 4 is 29.3 Å². The summed E-state index contributed by atoms with van der Waals surface area (Å²) in [7, 11) is 1.63. The maximum atomic E-state index is 12.2. The molecule has 0 fully saturated rings. The number of carbonyl (C=O) groups excluding carboxylic acids is 1. The Balaban J connectivity index is 1.35. The van der Waals surface area contributed by atoms with E-state index >= 15 is 0 Å². The van der Waals surface area contributed by atoms with Crippen molar-refractivity contribution in [3.05, 3.63) is 76.1 Å². The third kappa shape index (κ3) is 5.96. The van der Waals surface area contributed by atoms with E-state index in [4.69, 9.17) is 23.7 Å². The van der Waals surface area contributed by atoms with Gasteiger partial charge < -0.3 is 23.7 Å². The van der Waals surface area contributed by atoms with E-state index in [9.17, 15) is 4.79 Å². The van der Waals surface area contributed by atoms with Gasteiger partial charge in [0.1, 0.15) is 11.5 Å². The molecule has 1 aromatic heterocycles. The highest BCUT2D eigenvalue weighted by Gasteiger charge is 2.24. The highest BCUT2D eigenvalue weighted by Crippen LogP contribution is 2.30. The average Bonchev–Trinajstić information content (AvgIpc) is 3.51. The molecule has 1 aliphatic rings. The highest BCUT2D eigenvalue weighted by molar-refractivity contribution is 7.12. The van der Waals surface area contributed by atoms with Crippen LogP contribution in [0, 0.1) is 0 Å². The molecule has 1 aliphatic heterocycles. The Hall–Kier alpha value is -3.78. The van der Waals surface area contributed by atoms with Crippen LogP contribution in [0.2, 0.25) is 0 Å². The zero-order valence-electron chi connectivity index (χ0n) is 19.0. The molecule has 7 nitrogen and oxygen atoms in total. The Morgan fingerprint density at radius 1 is 0.971 bits per heavy atom. The van der Waals surface area contributed by atoms with Crippen LogP contribution in [0.4, 0.5) is 0 Å². The van der Waals surface area contributed by atoms with Crippen LogP contribution >= 0.6 is 11.3 Å². The number of thiophene rings is 1. The van der Waals surface area contributed by atoms with Crippen molar-refractivity contribution in [3.8, 4) is 23.0 Å². The molecule has 0 bridgehead atoms. The summed E-state index contributed by atoms with van der Waals surface area (Å²) in [5, 5.41) is 1.91. The van der Waals surface area contributed by atoms with Crippen molar-refractivity contribution in [2.24, 2.45) is 4.99 Å². The van der Waals surface area contributed by atoms with E-state index in [0.29, 0.717) is 43.6 Å². The predicted molar refractivity (Wildman–Crippen MR) is 131 cm³/mol. The Kier molecular flexibility index (Phi) is 7.83. The van der Waals surface area contributed by atoms with E-state index in [-0.39, 0.29) is 5.70 Å². The van der Waals surface area contributed by atoms with Crippen LogP contribution in [0.1, 0.15) is 23.8 Å². The molecular formula is C26H25NO6S. The van der Waals surface area contributed by atoms with Crippen LogP contribution in [0.25, 0.3) is 6.08 Å². The lowest BCUT2D eigenvalue weighted by Crippen LogP contribution is -2.06. The van der Waals surface area contributed by atoms with Gasteiger partial charge in [0, 0.05) is 6.42 Å². The Morgan fingerprint density at radius 3 is 2.50 bits per heavy atom. The quantitative estimate of drug-likeness (QED) is 0.210. The first-order chi connectivity index (χ1) is 16.7. The molecule has 0 atom stereocenters. The van der Waals surface area contributed by atoms with Gasteiger partial charge in [-0.3, -0.25) is 0 Å². The molecule has 34 heavy (non-hydrogen) atoms. The van der Waals surface area contributed by atoms with Crippen molar-refractivity contribution in [1.29, 1.82) is 0 Å². The summed E-state index contributed by atoms with van der Waals surface area (Å²) in [4.78, 5) is 17.4. The molecule has 0 N–H and O–H groups in total. The van der Waals surface area contributed by atoms with Crippen LogP contribution in [0.5, 0.6) is 23.0 Å². The summed E-state index contributed by atoms with van der Waals surface area (Å²) >= 11 is 1.47. The maximum Gasteiger partial charge on any atom is 0.363 e. The van der Waals surface area contributed by atoms with Crippen molar-refractivity contribution in [1.82, 2.24) is 0 Å². The minimum Gasteiger partial charge on any atom is -0.497 e. The fourth-order valence-corrected chi connectivity index (χ4v) is 3.83. The fraction of sp³-hybridized carbons (Fsp3) is 0.231. The van der Waals surface area contributed by atoms with Crippen LogP contribution in [-0.2, 0) is 9.53 Å². The van der Waals surface area contributed by atoms with Gasteiger partial charge in [-0.2, -0.15) is 0 Å². The van der Waals surface area contributed by atoms with Crippen molar-refractivity contribution in [3.63, 3.8) is 0 Å². The van der Waals surface area contributed by atoms with Crippen LogP contribution in [0.15, 0.2) is 70.7 Å². The second kappa shape index (κ2) is 11.4. The van der Waals surface area contributed by atoms with Crippen LogP contribution in [-0.4, -0.2) is 38.8 Å². The molecule has 2 heterocycles. The SMILES string of the molecule is CCOc1cc(C=C2N=C(c3cccs3)OC2=O)ccc1OCCCOc1ccc(OC)cc1. The molecule has 3 aromatic rings. The van der Waals surface area contributed by atoms with Gasteiger partial charge in [-0.1, -0.05) is 12.1 Å². The van der Waals surface area contributed by atoms with Crippen LogP contribution < -0.4 is 18.9 Å².